The molecule has 3 heterocycles. The van der Waals surface area contributed by atoms with Crippen LogP contribution in [0.2, 0.25) is 0 Å². The van der Waals surface area contributed by atoms with Crippen LogP contribution < -0.4 is 0 Å². The monoisotopic (exact) mass is 316 g/mol. The topological polar surface area (TPSA) is 75.0 Å². The van der Waals surface area contributed by atoms with Crippen molar-refractivity contribution in [3.63, 3.8) is 0 Å². The number of aryl methyl sites for hydroxylation is 1. The van der Waals surface area contributed by atoms with Gasteiger partial charge in [-0.15, -0.1) is 0 Å². The highest BCUT2D eigenvalue weighted by Crippen LogP contribution is 2.34. The Morgan fingerprint density at radius 1 is 1.43 bits per heavy atom. The van der Waals surface area contributed by atoms with E-state index in [0.29, 0.717) is 0 Å². The molecule has 2 aromatic rings. The molecule has 0 aliphatic carbocycles. The zero-order valence-electron chi connectivity index (χ0n) is 14.2. The van der Waals surface area contributed by atoms with E-state index in [2.05, 4.69) is 15.4 Å². The third-order valence-corrected chi connectivity index (χ3v) is 4.32. The van der Waals surface area contributed by atoms with Crippen molar-refractivity contribution in [2.45, 2.75) is 46.5 Å². The molecule has 1 saturated heterocycles. The molecular formula is C17H24N4O2. The average molecular weight is 316 g/mol. The van der Waals surface area contributed by atoms with Crippen LogP contribution in [0.15, 0.2) is 16.8 Å². The number of rotatable bonds is 2. The largest absolute Gasteiger partial charge is 0.356 e. The zero-order chi connectivity index (χ0) is 16.6. The van der Waals surface area contributed by atoms with E-state index in [1.807, 2.05) is 38.7 Å². The summed E-state index contributed by atoms with van der Waals surface area (Å²) in [5, 5.41) is 11.2. The zero-order valence-corrected chi connectivity index (χ0v) is 14.2. The molecule has 23 heavy (non-hydrogen) atoms. The molecule has 3 rings (SSSR count). The van der Waals surface area contributed by atoms with E-state index in [1.165, 1.54) is 0 Å². The number of aromatic nitrogens is 3. The molecule has 1 atom stereocenters. The van der Waals surface area contributed by atoms with Gasteiger partial charge in [-0.2, -0.15) is 5.10 Å². The van der Waals surface area contributed by atoms with Gasteiger partial charge in [-0.05, 0) is 19.8 Å². The van der Waals surface area contributed by atoms with Gasteiger partial charge in [0.2, 0.25) is 5.91 Å². The summed E-state index contributed by atoms with van der Waals surface area (Å²) in [4.78, 5) is 14.5. The van der Waals surface area contributed by atoms with Gasteiger partial charge in [0.15, 0.2) is 5.76 Å². The quantitative estimate of drug-likeness (QED) is 0.923. The number of H-pyrrole nitrogens is 1. The Labute approximate surface area is 136 Å². The maximum absolute atomic E-state index is 12.6. The smallest absolute Gasteiger partial charge is 0.227 e. The lowest BCUT2D eigenvalue weighted by Gasteiger charge is -2.36. The fraction of sp³-hybridized carbons (Fsp3) is 0.588. The second-order valence-electron chi connectivity index (χ2n) is 7.37. The molecule has 1 fully saturated rings. The third-order valence-electron chi connectivity index (χ3n) is 4.32. The van der Waals surface area contributed by atoms with E-state index < -0.39 is 0 Å². The van der Waals surface area contributed by atoms with E-state index in [1.54, 1.807) is 6.20 Å². The predicted octanol–water partition coefficient (Wildman–Crippen LogP) is 3.13. The molecule has 6 nitrogen and oxygen atoms in total. The van der Waals surface area contributed by atoms with Gasteiger partial charge in [-0.25, -0.2) is 0 Å². The van der Waals surface area contributed by atoms with Crippen LogP contribution in [-0.2, 0) is 4.79 Å². The van der Waals surface area contributed by atoms with Crippen molar-refractivity contribution in [2.75, 3.05) is 13.1 Å². The molecule has 1 aliphatic heterocycles. The first-order valence-electron chi connectivity index (χ1n) is 8.12. The van der Waals surface area contributed by atoms with Gasteiger partial charge in [-0.1, -0.05) is 25.9 Å². The van der Waals surface area contributed by atoms with Crippen molar-refractivity contribution in [1.29, 1.82) is 0 Å². The van der Waals surface area contributed by atoms with Gasteiger partial charge in [0.05, 0.1) is 23.1 Å². The van der Waals surface area contributed by atoms with Crippen molar-refractivity contribution >= 4 is 5.91 Å². The van der Waals surface area contributed by atoms with Crippen molar-refractivity contribution < 1.29 is 9.32 Å². The number of aromatic amines is 1. The van der Waals surface area contributed by atoms with Crippen molar-refractivity contribution in [1.82, 2.24) is 20.3 Å². The van der Waals surface area contributed by atoms with Crippen LogP contribution in [0.5, 0.6) is 0 Å². The summed E-state index contributed by atoms with van der Waals surface area (Å²) < 4.78 is 5.38. The minimum atomic E-state index is -0.346. The average Bonchev–Trinajstić information content (AvgIpc) is 3.14. The Balaban J connectivity index is 1.83. The van der Waals surface area contributed by atoms with Crippen LogP contribution in [0.1, 0.15) is 50.9 Å². The van der Waals surface area contributed by atoms with E-state index in [9.17, 15) is 4.79 Å². The molecule has 1 aliphatic rings. The highest BCUT2D eigenvalue weighted by molar-refractivity contribution is 5.81. The lowest BCUT2D eigenvalue weighted by atomic mass is 9.88. The normalized spacial score (nSPS) is 19.1. The Morgan fingerprint density at radius 2 is 2.22 bits per heavy atom. The lowest BCUT2D eigenvalue weighted by Crippen LogP contribution is -2.44. The van der Waals surface area contributed by atoms with E-state index >= 15 is 0 Å². The molecule has 0 saturated carbocycles. The summed E-state index contributed by atoms with van der Waals surface area (Å²) in [5.41, 5.74) is 2.48. The van der Waals surface area contributed by atoms with Crippen molar-refractivity contribution in [3.05, 3.63) is 23.7 Å². The SMILES string of the molecule is Cc1cc(-c2cn[nH]c2[C@H]2CCCN(C(=O)C(C)(C)C)C2)on1. The number of nitrogens with one attached hydrogen (secondary N) is 1. The number of hydrogen-bond donors (Lipinski definition) is 1. The molecular weight excluding hydrogens is 292 g/mol. The number of carbonyl (C=O) groups excluding carboxylic acids is 1. The van der Waals surface area contributed by atoms with E-state index in [4.69, 9.17) is 4.52 Å². The number of carbonyl (C=O) groups is 1. The van der Waals surface area contributed by atoms with Crippen LogP contribution >= 0.6 is 0 Å². The first-order chi connectivity index (χ1) is 10.9. The number of likely N-dealkylation sites (tertiary alicyclic amines) is 1. The van der Waals surface area contributed by atoms with Crippen LogP contribution in [0.25, 0.3) is 11.3 Å². The minimum Gasteiger partial charge on any atom is -0.356 e. The number of hydrogen-bond acceptors (Lipinski definition) is 4. The van der Waals surface area contributed by atoms with Crippen LogP contribution in [0, 0.1) is 12.3 Å². The highest BCUT2D eigenvalue weighted by Gasteiger charge is 2.33. The number of amides is 1. The summed E-state index contributed by atoms with van der Waals surface area (Å²) in [7, 11) is 0. The Morgan fingerprint density at radius 3 is 2.87 bits per heavy atom. The molecule has 0 spiro atoms. The minimum absolute atomic E-state index is 0.207. The van der Waals surface area contributed by atoms with E-state index in [-0.39, 0.29) is 17.2 Å². The van der Waals surface area contributed by atoms with Gasteiger partial charge in [0.1, 0.15) is 0 Å². The van der Waals surface area contributed by atoms with Crippen molar-refractivity contribution in [2.24, 2.45) is 5.41 Å². The maximum atomic E-state index is 12.6. The summed E-state index contributed by atoms with van der Waals surface area (Å²) in [6.07, 6.45) is 3.82. The Kier molecular flexibility index (Phi) is 4.00. The summed E-state index contributed by atoms with van der Waals surface area (Å²) in [6.45, 7) is 9.36. The first-order valence-corrected chi connectivity index (χ1v) is 8.12. The highest BCUT2D eigenvalue weighted by atomic mass is 16.5. The van der Waals surface area contributed by atoms with Crippen LogP contribution in [-0.4, -0.2) is 39.3 Å². The van der Waals surface area contributed by atoms with Crippen molar-refractivity contribution in [3.8, 4) is 11.3 Å². The lowest BCUT2D eigenvalue weighted by molar-refractivity contribution is -0.140. The maximum Gasteiger partial charge on any atom is 0.227 e. The second kappa shape index (κ2) is 5.83. The molecule has 0 bridgehead atoms. The summed E-state index contributed by atoms with van der Waals surface area (Å²) in [6, 6.07) is 1.91. The standard InChI is InChI=1S/C17H24N4O2/c1-11-8-14(23-20-11)13-9-18-19-15(13)12-6-5-7-21(10-12)16(22)17(2,3)4/h8-9,12H,5-7,10H2,1-4H3,(H,18,19)/t12-/m0/s1. The molecule has 0 unspecified atom stereocenters. The molecule has 6 heteroatoms. The van der Waals surface area contributed by atoms with Crippen LogP contribution in [0.4, 0.5) is 0 Å². The summed E-state index contributed by atoms with van der Waals surface area (Å²) >= 11 is 0. The van der Waals surface area contributed by atoms with Gasteiger partial charge in [0.25, 0.3) is 0 Å². The molecule has 0 radical (unpaired) electrons. The fourth-order valence-corrected chi connectivity index (χ4v) is 3.17. The third kappa shape index (κ3) is 3.16. The number of nitrogens with zero attached hydrogens (tertiary/aromatic N) is 3. The van der Waals surface area contributed by atoms with Gasteiger partial charge in [-0.3, -0.25) is 9.89 Å². The molecule has 1 amide bonds. The summed E-state index contributed by atoms with van der Waals surface area (Å²) in [5.74, 6) is 1.18. The number of piperidine rings is 1. The molecule has 1 N–H and O–H groups in total. The molecule has 124 valence electrons. The predicted molar refractivity (Wildman–Crippen MR) is 86.8 cm³/mol. The Bertz CT molecular complexity index is 696. The van der Waals surface area contributed by atoms with Gasteiger partial charge in [0, 0.05) is 30.5 Å². The fourth-order valence-electron chi connectivity index (χ4n) is 3.17. The van der Waals surface area contributed by atoms with E-state index in [0.717, 1.165) is 48.6 Å². The van der Waals surface area contributed by atoms with Gasteiger partial charge >= 0.3 is 0 Å². The second-order valence-corrected chi connectivity index (χ2v) is 7.37. The molecule has 0 aromatic carbocycles. The van der Waals surface area contributed by atoms with Crippen LogP contribution in [0.3, 0.4) is 0 Å². The van der Waals surface area contributed by atoms with Gasteiger partial charge < -0.3 is 9.42 Å². The molecule has 2 aromatic heterocycles. The first kappa shape index (κ1) is 15.8. The Hall–Kier alpha value is -2.11.